The number of rotatable bonds is 3. The molecular weight excluding hydrogens is 241 g/mol. The van der Waals surface area contributed by atoms with Crippen LogP contribution in [0, 0.1) is 0 Å². The number of hydrogen-bond acceptors (Lipinski definition) is 3. The van der Waals surface area contributed by atoms with Crippen molar-refractivity contribution >= 4 is 22.4 Å². The van der Waals surface area contributed by atoms with Gasteiger partial charge in [0, 0.05) is 11.1 Å². The number of nitrogens with one attached hydrogen (secondary N) is 1. The molecule has 0 radical (unpaired) electrons. The molecule has 1 aromatic heterocycles. The molecule has 94 valence electrons. The van der Waals surface area contributed by atoms with Gasteiger partial charge in [-0.1, -0.05) is 30.3 Å². The van der Waals surface area contributed by atoms with E-state index in [-0.39, 0.29) is 5.82 Å². The molecular formula is C15H12FN3. The first-order chi connectivity index (χ1) is 9.36. The SMILES string of the molecule is FCc1nc(Nc2ccccc2)c2ccccc2n1. The largest absolute Gasteiger partial charge is 0.340 e. The summed E-state index contributed by atoms with van der Waals surface area (Å²) >= 11 is 0. The first-order valence-corrected chi connectivity index (χ1v) is 6.00. The smallest absolute Gasteiger partial charge is 0.162 e. The average Bonchev–Trinajstić information content (AvgIpc) is 2.48. The zero-order valence-corrected chi connectivity index (χ0v) is 10.2. The Morgan fingerprint density at radius 1 is 0.895 bits per heavy atom. The van der Waals surface area contributed by atoms with E-state index in [0.29, 0.717) is 5.82 Å². The molecule has 0 saturated heterocycles. The zero-order chi connectivity index (χ0) is 13.1. The summed E-state index contributed by atoms with van der Waals surface area (Å²) in [5, 5.41) is 4.08. The van der Waals surface area contributed by atoms with E-state index in [4.69, 9.17) is 0 Å². The number of nitrogens with zero attached hydrogens (tertiary/aromatic N) is 2. The summed E-state index contributed by atoms with van der Waals surface area (Å²) in [6, 6.07) is 17.2. The third-order valence-corrected chi connectivity index (χ3v) is 2.81. The number of anilines is 2. The van der Waals surface area contributed by atoms with Crippen LogP contribution in [0.4, 0.5) is 15.9 Å². The Morgan fingerprint density at radius 3 is 2.42 bits per heavy atom. The van der Waals surface area contributed by atoms with Gasteiger partial charge in [0.2, 0.25) is 0 Å². The molecule has 0 unspecified atom stereocenters. The Hall–Kier alpha value is -2.49. The molecule has 0 aliphatic rings. The third-order valence-electron chi connectivity index (χ3n) is 2.81. The molecule has 0 aliphatic heterocycles. The Bertz CT molecular complexity index is 698. The standard InChI is InChI=1S/C15H12FN3/c16-10-14-18-13-9-5-4-8-12(13)15(19-14)17-11-6-2-1-3-7-11/h1-9H,10H2,(H,17,18,19). The van der Waals surface area contributed by atoms with Crippen molar-refractivity contribution < 1.29 is 4.39 Å². The molecule has 0 aliphatic carbocycles. The van der Waals surface area contributed by atoms with E-state index >= 15 is 0 Å². The van der Waals surface area contributed by atoms with Crippen LogP contribution in [0.15, 0.2) is 54.6 Å². The summed E-state index contributed by atoms with van der Waals surface area (Å²) in [6.45, 7) is -0.672. The van der Waals surface area contributed by atoms with Gasteiger partial charge in [-0.15, -0.1) is 0 Å². The van der Waals surface area contributed by atoms with E-state index in [1.54, 1.807) is 0 Å². The van der Waals surface area contributed by atoms with Crippen molar-refractivity contribution in [3.8, 4) is 0 Å². The summed E-state index contributed by atoms with van der Waals surface area (Å²) in [7, 11) is 0. The highest BCUT2D eigenvalue weighted by Gasteiger charge is 2.07. The minimum Gasteiger partial charge on any atom is -0.340 e. The van der Waals surface area contributed by atoms with E-state index in [2.05, 4.69) is 15.3 Å². The van der Waals surface area contributed by atoms with Crippen molar-refractivity contribution in [2.45, 2.75) is 6.67 Å². The summed E-state index contributed by atoms with van der Waals surface area (Å²) in [6.07, 6.45) is 0. The quantitative estimate of drug-likeness (QED) is 0.770. The van der Waals surface area contributed by atoms with Crippen molar-refractivity contribution in [1.82, 2.24) is 9.97 Å². The average molecular weight is 253 g/mol. The van der Waals surface area contributed by atoms with Crippen LogP contribution >= 0.6 is 0 Å². The van der Waals surface area contributed by atoms with E-state index < -0.39 is 6.67 Å². The van der Waals surface area contributed by atoms with Gasteiger partial charge in [0.1, 0.15) is 12.5 Å². The minimum atomic E-state index is -0.672. The highest BCUT2D eigenvalue weighted by Crippen LogP contribution is 2.23. The minimum absolute atomic E-state index is 0.192. The van der Waals surface area contributed by atoms with Crippen molar-refractivity contribution in [3.05, 3.63) is 60.4 Å². The predicted octanol–water partition coefficient (Wildman–Crippen LogP) is 3.84. The molecule has 3 aromatic rings. The number of alkyl halides is 1. The molecule has 0 saturated carbocycles. The normalized spacial score (nSPS) is 10.6. The van der Waals surface area contributed by atoms with Crippen LogP contribution in [0.25, 0.3) is 10.9 Å². The molecule has 3 nitrogen and oxygen atoms in total. The summed E-state index contributed by atoms with van der Waals surface area (Å²) < 4.78 is 12.8. The Labute approximate surface area is 110 Å². The number of para-hydroxylation sites is 2. The van der Waals surface area contributed by atoms with E-state index in [1.807, 2.05) is 54.6 Å². The van der Waals surface area contributed by atoms with Crippen molar-refractivity contribution in [2.75, 3.05) is 5.32 Å². The second-order valence-electron chi connectivity index (χ2n) is 4.13. The van der Waals surface area contributed by atoms with Gasteiger partial charge in [0.05, 0.1) is 5.52 Å². The fraction of sp³-hybridized carbons (Fsp3) is 0.0667. The first-order valence-electron chi connectivity index (χ1n) is 6.00. The molecule has 0 spiro atoms. The maximum absolute atomic E-state index is 12.8. The van der Waals surface area contributed by atoms with Gasteiger partial charge in [0.25, 0.3) is 0 Å². The van der Waals surface area contributed by atoms with Gasteiger partial charge < -0.3 is 5.32 Å². The lowest BCUT2D eigenvalue weighted by Gasteiger charge is -2.09. The number of hydrogen-bond donors (Lipinski definition) is 1. The lowest BCUT2D eigenvalue weighted by Crippen LogP contribution is -2.00. The van der Waals surface area contributed by atoms with Gasteiger partial charge in [-0.3, -0.25) is 0 Å². The van der Waals surface area contributed by atoms with Crippen LogP contribution in [0.3, 0.4) is 0 Å². The molecule has 0 bridgehead atoms. The lowest BCUT2D eigenvalue weighted by molar-refractivity contribution is 0.467. The Balaban J connectivity index is 2.11. The first kappa shape index (κ1) is 11.6. The number of fused-ring (bicyclic) bond motifs is 1. The van der Waals surface area contributed by atoms with E-state index in [0.717, 1.165) is 16.6 Å². The van der Waals surface area contributed by atoms with Gasteiger partial charge in [-0.2, -0.15) is 0 Å². The van der Waals surface area contributed by atoms with Crippen LogP contribution in [-0.4, -0.2) is 9.97 Å². The zero-order valence-electron chi connectivity index (χ0n) is 10.2. The molecule has 0 amide bonds. The molecule has 1 heterocycles. The molecule has 0 atom stereocenters. The molecule has 1 N–H and O–H groups in total. The van der Waals surface area contributed by atoms with Crippen molar-refractivity contribution in [1.29, 1.82) is 0 Å². The molecule has 19 heavy (non-hydrogen) atoms. The Kier molecular flexibility index (Phi) is 3.06. The van der Waals surface area contributed by atoms with Crippen LogP contribution in [0.1, 0.15) is 5.82 Å². The van der Waals surface area contributed by atoms with Gasteiger partial charge in [-0.25, -0.2) is 14.4 Å². The van der Waals surface area contributed by atoms with Crippen LogP contribution in [0.5, 0.6) is 0 Å². The molecule has 0 fully saturated rings. The van der Waals surface area contributed by atoms with E-state index in [1.165, 1.54) is 0 Å². The molecule has 2 aromatic carbocycles. The van der Waals surface area contributed by atoms with Gasteiger partial charge in [0.15, 0.2) is 5.82 Å². The maximum Gasteiger partial charge on any atom is 0.162 e. The monoisotopic (exact) mass is 253 g/mol. The summed E-state index contributed by atoms with van der Waals surface area (Å²) in [5.41, 5.74) is 1.65. The summed E-state index contributed by atoms with van der Waals surface area (Å²) in [4.78, 5) is 8.39. The highest BCUT2D eigenvalue weighted by molar-refractivity contribution is 5.90. The van der Waals surface area contributed by atoms with Crippen LogP contribution in [0.2, 0.25) is 0 Å². The highest BCUT2D eigenvalue weighted by atomic mass is 19.1. The van der Waals surface area contributed by atoms with Crippen LogP contribution < -0.4 is 5.32 Å². The van der Waals surface area contributed by atoms with Gasteiger partial charge >= 0.3 is 0 Å². The van der Waals surface area contributed by atoms with E-state index in [9.17, 15) is 4.39 Å². The number of benzene rings is 2. The second kappa shape index (κ2) is 5.02. The number of halogens is 1. The fourth-order valence-corrected chi connectivity index (χ4v) is 1.94. The second-order valence-corrected chi connectivity index (χ2v) is 4.13. The van der Waals surface area contributed by atoms with Crippen LogP contribution in [-0.2, 0) is 6.67 Å². The maximum atomic E-state index is 12.8. The predicted molar refractivity (Wildman–Crippen MR) is 74.1 cm³/mol. The lowest BCUT2D eigenvalue weighted by atomic mass is 10.2. The summed E-state index contributed by atoms with van der Waals surface area (Å²) in [5.74, 6) is 0.821. The topological polar surface area (TPSA) is 37.8 Å². The number of aromatic nitrogens is 2. The molecule has 4 heteroatoms. The van der Waals surface area contributed by atoms with Gasteiger partial charge in [-0.05, 0) is 24.3 Å². The van der Waals surface area contributed by atoms with Crippen molar-refractivity contribution in [3.63, 3.8) is 0 Å². The fourth-order valence-electron chi connectivity index (χ4n) is 1.94. The Morgan fingerprint density at radius 2 is 1.63 bits per heavy atom. The third kappa shape index (κ3) is 2.38. The van der Waals surface area contributed by atoms with Crippen molar-refractivity contribution in [2.24, 2.45) is 0 Å². The molecule has 3 rings (SSSR count).